The third-order valence-electron chi connectivity index (χ3n) is 4.21. The number of para-hydroxylation sites is 1. The van der Waals surface area contributed by atoms with E-state index in [-0.39, 0.29) is 10.8 Å². The standard InChI is InChI=1S/C21H21N3OS/c1-3-12-24-20(25)18-6-4-5-7-19(18)23-21(24)26-17(14-22)13-16-10-8-15(2)9-11-16/h4-11,17H,3,12-13H2,1-2H3/t17-/m0/s1. The highest BCUT2D eigenvalue weighted by molar-refractivity contribution is 8.00. The van der Waals surface area contributed by atoms with Crippen LogP contribution in [0.15, 0.2) is 58.5 Å². The molecule has 0 aliphatic carbocycles. The Morgan fingerprint density at radius 2 is 1.92 bits per heavy atom. The van der Waals surface area contributed by atoms with Crippen molar-refractivity contribution in [3.05, 3.63) is 70.0 Å². The summed E-state index contributed by atoms with van der Waals surface area (Å²) in [4.78, 5) is 17.5. The van der Waals surface area contributed by atoms with Gasteiger partial charge in [-0.2, -0.15) is 5.26 Å². The van der Waals surface area contributed by atoms with Crippen LogP contribution in [0.3, 0.4) is 0 Å². The molecule has 0 amide bonds. The van der Waals surface area contributed by atoms with E-state index in [1.54, 1.807) is 10.6 Å². The molecule has 1 heterocycles. The maximum absolute atomic E-state index is 12.8. The van der Waals surface area contributed by atoms with Gasteiger partial charge in [0.05, 0.1) is 17.0 Å². The van der Waals surface area contributed by atoms with Crippen molar-refractivity contribution in [3.8, 4) is 6.07 Å². The Kier molecular flexibility index (Phi) is 5.75. The number of rotatable bonds is 6. The highest BCUT2D eigenvalue weighted by Crippen LogP contribution is 2.25. The van der Waals surface area contributed by atoms with Gasteiger partial charge in [-0.05, 0) is 37.5 Å². The molecule has 3 rings (SSSR count). The molecule has 0 spiro atoms. The van der Waals surface area contributed by atoms with Crippen LogP contribution in [0, 0.1) is 18.3 Å². The minimum absolute atomic E-state index is 0.0352. The van der Waals surface area contributed by atoms with Crippen molar-refractivity contribution in [2.24, 2.45) is 0 Å². The van der Waals surface area contributed by atoms with Gasteiger partial charge < -0.3 is 0 Å². The third-order valence-corrected chi connectivity index (χ3v) is 5.29. The SMILES string of the molecule is CCCn1c(S[C@H](C#N)Cc2ccc(C)cc2)nc2ccccc2c1=O. The maximum atomic E-state index is 12.8. The number of hydrogen-bond acceptors (Lipinski definition) is 4. The van der Waals surface area contributed by atoms with Crippen LogP contribution in [0.25, 0.3) is 10.9 Å². The summed E-state index contributed by atoms with van der Waals surface area (Å²) in [6.45, 7) is 4.68. The van der Waals surface area contributed by atoms with Gasteiger partial charge in [0.15, 0.2) is 5.16 Å². The second kappa shape index (κ2) is 8.20. The van der Waals surface area contributed by atoms with Crippen molar-refractivity contribution < 1.29 is 0 Å². The maximum Gasteiger partial charge on any atom is 0.262 e. The summed E-state index contributed by atoms with van der Waals surface area (Å²) in [5.74, 6) is 0. The Bertz CT molecular complexity index is 1000. The first-order valence-corrected chi connectivity index (χ1v) is 9.61. The average Bonchev–Trinajstić information content (AvgIpc) is 2.66. The van der Waals surface area contributed by atoms with Crippen molar-refractivity contribution in [3.63, 3.8) is 0 Å². The fraction of sp³-hybridized carbons (Fsp3) is 0.286. The predicted octanol–water partition coefficient (Wildman–Crippen LogP) is 4.34. The quantitative estimate of drug-likeness (QED) is 0.483. The van der Waals surface area contributed by atoms with Crippen LogP contribution in [-0.2, 0) is 13.0 Å². The average molecular weight is 363 g/mol. The van der Waals surface area contributed by atoms with Gasteiger partial charge in [-0.3, -0.25) is 9.36 Å². The van der Waals surface area contributed by atoms with Gasteiger partial charge in [0.2, 0.25) is 0 Å². The fourth-order valence-corrected chi connectivity index (χ4v) is 3.87. The number of benzene rings is 2. The normalized spacial score (nSPS) is 12.0. The zero-order valence-corrected chi connectivity index (χ0v) is 15.8. The molecule has 0 saturated heterocycles. The van der Waals surface area contributed by atoms with Gasteiger partial charge in [-0.25, -0.2) is 4.98 Å². The second-order valence-electron chi connectivity index (χ2n) is 6.29. The highest BCUT2D eigenvalue weighted by atomic mass is 32.2. The molecule has 0 aliphatic heterocycles. The lowest BCUT2D eigenvalue weighted by Gasteiger charge is -2.15. The van der Waals surface area contributed by atoms with E-state index in [4.69, 9.17) is 0 Å². The predicted molar refractivity (Wildman–Crippen MR) is 106 cm³/mol. The van der Waals surface area contributed by atoms with E-state index in [1.807, 2.05) is 44.2 Å². The highest BCUT2D eigenvalue weighted by Gasteiger charge is 2.17. The summed E-state index contributed by atoms with van der Waals surface area (Å²) < 4.78 is 1.70. The second-order valence-corrected chi connectivity index (χ2v) is 7.46. The summed E-state index contributed by atoms with van der Waals surface area (Å²) in [6, 6.07) is 17.9. The van der Waals surface area contributed by atoms with Crippen LogP contribution >= 0.6 is 11.8 Å². The first kappa shape index (κ1) is 18.2. The fourth-order valence-electron chi connectivity index (χ4n) is 2.84. The minimum Gasteiger partial charge on any atom is -0.287 e. The molecule has 2 aromatic carbocycles. The largest absolute Gasteiger partial charge is 0.287 e. The summed E-state index contributed by atoms with van der Waals surface area (Å²) in [5, 5.41) is 10.6. The van der Waals surface area contributed by atoms with Crippen molar-refractivity contribution in [2.75, 3.05) is 0 Å². The van der Waals surface area contributed by atoms with Crippen molar-refractivity contribution >= 4 is 22.7 Å². The molecule has 5 heteroatoms. The van der Waals surface area contributed by atoms with E-state index in [2.05, 4.69) is 23.2 Å². The molecule has 3 aromatic rings. The molecule has 0 N–H and O–H groups in total. The molecule has 1 atom stereocenters. The van der Waals surface area contributed by atoms with Crippen LogP contribution in [0.4, 0.5) is 0 Å². The van der Waals surface area contributed by atoms with Crippen LogP contribution < -0.4 is 5.56 Å². The number of hydrogen-bond donors (Lipinski definition) is 0. The first-order valence-electron chi connectivity index (χ1n) is 8.73. The third kappa shape index (κ3) is 3.97. The van der Waals surface area contributed by atoms with Crippen LogP contribution in [-0.4, -0.2) is 14.8 Å². The topological polar surface area (TPSA) is 58.7 Å². The zero-order chi connectivity index (χ0) is 18.5. The monoisotopic (exact) mass is 363 g/mol. The number of thioether (sulfide) groups is 1. The number of aromatic nitrogens is 2. The van der Waals surface area contributed by atoms with E-state index in [0.717, 1.165) is 12.0 Å². The molecule has 0 aliphatic rings. The summed E-state index contributed by atoms with van der Waals surface area (Å²) >= 11 is 1.37. The molecule has 26 heavy (non-hydrogen) atoms. The number of nitriles is 1. The minimum atomic E-state index is -0.297. The summed E-state index contributed by atoms with van der Waals surface area (Å²) in [6.07, 6.45) is 1.46. The van der Waals surface area contributed by atoms with Gasteiger partial charge in [0.25, 0.3) is 5.56 Å². The van der Waals surface area contributed by atoms with Crippen LogP contribution in [0.1, 0.15) is 24.5 Å². The van der Waals surface area contributed by atoms with Crippen molar-refractivity contribution in [2.45, 2.75) is 43.6 Å². The molecule has 0 radical (unpaired) electrons. The molecule has 0 bridgehead atoms. The van der Waals surface area contributed by atoms with Gasteiger partial charge in [-0.1, -0.05) is 60.6 Å². The zero-order valence-electron chi connectivity index (χ0n) is 15.0. The van der Waals surface area contributed by atoms with Crippen molar-refractivity contribution in [1.82, 2.24) is 9.55 Å². The number of fused-ring (bicyclic) bond motifs is 1. The molecule has 0 saturated carbocycles. The van der Waals surface area contributed by atoms with E-state index >= 15 is 0 Å². The first-order chi connectivity index (χ1) is 12.6. The lowest BCUT2D eigenvalue weighted by Crippen LogP contribution is -2.24. The molecule has 0 unspecified atom stereocenters. The Morgan fingerprint density at radius 3 is 2.62 bits per heavy atom. The van der Waals surface area contributed by atoms with E-state index in [0.29, 0.717) is 29.0 Å². The van der Waals surface area contributed by atoms with E-state index < -0.39 is 0 Å². The van der Waals surface area contributed by atoms with Gasteiger partial charge in [0.1, 0.15) is 5.25 Å². The lowest BCUT2D eigenvalue weighted by atomic mass is 10.1. The van der Waals surface area contributed by atoms with Gasteiger partial charge in [-0.15, -0.1) is 0 Å². The van der Waals surface area contributed by atoms with E-state index in [1.165, 1.54) is 17.3 Å². The smallest absolute Gasteiger partial charge is 0.262 e. The molecule has 1 aromatic heterocycles. The molecule has 132 valence electrons. The Balaban J connectivity index is 1.95. The Hall–Kier alpha value is -2.58. The molecular formula is C21H21N3OS. The van der Waals surface area contributed by atoms with Crippen LogP contribution in [0.5, 0.6) is 0 Å². The number of nitrogens with zero attached hydrogens (tertiary/aromatic N) is 3. The summed E-state index contributed by atoms with van der Waals surface area (Å²) in [5.41, 5.74) is 2.95. The Morgan fingerprint density at radius 1 is 1.19 bits per heavy atom. The summed E-state index contributed by atoms with van der Waals surface area (Å²) in [7, 11) is 0. The van der Waals surface area contributed by atoms with Crippen LogP contribution in [0.2, 0.25) is 0 Å². The van der Waals surface area contributed by atoms with Gasteiger partial charge in [0, 0.05) is 6.54 Å². The molecular weight excluding hydrogens is 342 g/mol. The Labute approximate surface area is 157 Å². The number of aryl methyl sites for hydroxylation is 1. The van der Waals surface area contributed by atoms with Gasteiger partial charge >= 0.3 is 0 Å². The van der Waals surface area contributed by atoms with Crippen molar-refractivity contribution in [1.29, 1.82) is 5.26 Å². The van der Waals surface area contributed by atoms with E-state index in [9.17, 15) is 10.1 Å². The lowest BCUT2D eigenvalue weighted by molar-refractivity contribution is 0.584. The molecule has 4 nitrogen and oxygen atoms in total. The molecule has 0 fully saturated rings.